The number of phenolic OH excluding ortho intramolecular Hbond substituents is 2. The second kappa shape index (κ2) is 11.9. The SMILES string of the molecule is CCOC(=O)c1cc(C2(c3ccc(O)c(C(=O)OCC)c3)c3cc(-c4ccccc4)ccc3-c3cc(C)c(Br)cc32)ccc1O. The van der Waals surface area contributed by atoms with E-state index in [1.54, 1.807) is 38.1 Å². The predicted octanol–water partition coefficient (Wildman–Crippen LogP) is 8.55. The van der Waals surface area contributed by atoms with Crippen molar-refractivity contribution >= 4 is 27.9 Å². The highest BCUT2D eigenvalue weighted by atomic mass is 79.9. The van der Waals surface area contributed by atoms with Crippen LogP contribution >= 0.6 is 15.9 Å². The number of phenols is 2. The van der Waals surface area contributed by atoms with E-state index in [1.807, 2.05) is 37.3 Å². The molecule has 1 aliphatic carbocycles. The third-order valence-electron chi connectivity index (χ3n) is 8.37. The Morgan fingerprint density at radius 1 is 0.667 bits per heavy atom. The van der Waals surface area contributed by atoms with Crippen LogP contribution in [0.2, 0.25) is 0 Å². The maximum Gasteiger partial charge on any atom is 0.341 e. The summed E-state index contributed by atoms with van der Waals surface area (Å²) in [6, 6.07) is 30.5. The van der Waals surface area contributed by atoms with Crippen molar-refractivity contribution < 1.29 is 29.3 Å². The van der Waals surface area contributed by atoms with Crippen LogP contribution in [0.5, 0.6) is 11.5 Å². The molecule has 0 aliphatic heterocycles. The van der Waals surface area contributed by atoms with E-state index < -0.39 is 17.4 Å². The summed E-state index contributed by atoms with van der Waals surface area (Å²) in [5, 5.41) is 21.6. The van der Waals surface area contributed by atoms with Crippen LogP contribution in [0, 0.1) is 6.92 Å². The van der Waals surface area contributed by atoms with E-state index in [4.69, 9.17) is 9.47 Å². The number of ether oxygens (including phenoxy) is 2. The molecular weight excluding hydrogens is 632 g/mol. The largest absolute Gasteiger partial charge is 0.507 e. The zero-order valence-corrected chi connectivity index (χ0v) is 26.6. The molecule has 0 amide bonds. The number of benzene rings is 5. The maximum absolute atomic E-state index is 13.1. The van der Waals surface area contributed by atoms with Gasteiger partial charge in [0, 0.05) is 4.47 Å². The van der Waals surface area contributed by atoms with Crippen LogP contribution in [0.3, 0.4) is 0 Å². The minimum absolute atomic E-state index is 0.0264. The third-order valence-corrected chi connectivity index (χ3v) is 9.23. The maximum atomic E-state index is 13.1. The Bertz CT molecular complexity index is 1900. The first-order valence-electron chi connectivity index (χ1n) is 14.7. The number of halogens is 1. The van der Waals surface area contributed by atoms with Crippen molar-refractivity contribution in [2.45, 2.75) is 26.2 Å². The van der Waals surface area contributed by atoms with Gasteiger partial charge < -0.3 is 19.7 Å². The lowest BCUT2D eigenvalue weighted by atomic mass is 9.66. The van der Waals surface area contributed by atoms with Gasteiger partial charge >= 0.3 is 11.9 Å². The zero-order valence-electron chi connectivity index (χ0n) is 25.1. The third kappa shape index (κ3) is 4.97. The molecule has 7 heteroatoms. The molecule has 6 rings (SSSR count). The number of carbonyl (C=O) groups excluding carboxylic acids is 2. The summed E-state index contributed by atoms with van der Waals surface area (Å²) in [6.07, 6.45) is 0. The molecule has 0 saturated carbocycles. The lowest BCUT2D eigenvalue weighted by molar-refractivity contribution is 0.0513. The Morgan fingerprint density at radius 2 is 1.22 bits per heavy atom. The van der Waals surface area contributed by atoms with Crippen LogP contribution in [0.4, 0.5) is 0 Å². The Labute approximate surface area is 270 Å². The normalized spacial score (nSPS) is 12.7. The van der Waals surface area contributed by atoms with E-state index in [1.165, 1.54) is 12.1 Å². The van der Waals surface area contributed by atoms with Crippen LogP contribution in [-0.2, 0) is 14.9 Å². The van der Waals surface area contributed by atoms with Crippen molar-refractivity contribution in [2.75, 3.05) is 13.2 Å². The fourth-order valence-electron chi connectivity index (χ4n) is 6.33. The van der Waals surface area contributed by atoms with Crippen LogP contribution in [-0.4, -0.2) is 35.4 Å². The van der Waals surface area contributed by atoms with E-state index in [0.29, 0.717) is 11.1 Å². The number of fused-ring (bicyclic) bond motifs is 3. The molecule has 5 aromatic carbocycles. The molecule has 0 radical (unpaired) electrons. The van der Waals surface area contributed by atoms with Crippen LogP contribution in [0.15, 0.2) is 102 Å². The first kappa shape index (κ1) is 30.2. The number of aryl methyl sites for hydroxylation is 1. The van der Waals surface area contributed by atoms with Crippen LogP contribution in [0.25, 0.3) is 22.3 Å². The molecule has 226 valence electrons. The van der Waals surface area contributed by atoms with Gasteiger partial charge in [0.1, 0.15) is 22.6 Å². The van der Waals surface area contributed by atoms with E-state index >= 15 is 0 Å². The van der Waals surface area contributed by atoms with Gasteiger partial charge in [-0.15, -0.1) is 0 Å². The molecule has 0 bridgehead atoms. The van der Waals surface area contributed by atoms with Crippen molar-refractivity contribution in [1.82, 2.24) is 0 Å². The van der Waals surface area contributed by atoms with Crippen molar-refractivity contribution in [3.63, 3.8) is 0 Å². The second-order valence-corrected chi connectivity index (χ2v) is 11.8. The number of aromatic hydroxyl groups is 2. The van der Waals surface area contributed by atoms with Crippen molar-refractivity contribution in [3.05, 3.63) is 140 Å². The minimum atomic E-state index is -1.09. The molecule has 0 heterocycles. The second-order valence-electron chi connectivity index (χ2n) is 10.9. The zero-order chi connectivity index (χ0) is 31.9. The average Bonchev–Trinajstić information content (AvgIpc) is 3.31. The fraction of sp³-hybridized carbons (Fsp3) is 0.158. The molecule has 0 fully saturated rings. The van der Waals surface area contributed by atoms with Gasteiger partial charge in [0.05, 0.1) is 18.6 Å². The summed E-state index contributed by atoms with van der Waals surface area (Å²) >= 11 is 3.75. The number of rotatable bonds is 7. The van der Waals surface area contributed by atoms with Crippen LogP contribution < -0.4 is 0 Å². The Kier molecular flexibility index (Phi) is 7.97. The lowest BCUT2D eigenvalue weighted by Crippen LogP contribution is -2.29. The Morgan fingerprint density at radius 3 is 1.78 bits per heavy atom. The summed E-state index contributed by atoms with van der Waals surface area (Å²) in [7, 11) is 0. The molecule has 45 heavy (non-hydrogen) atoms. The number of esters is 2. The van der Waals surface area contributed by atoms with E-state index in [-0.39, 0.29) is 35.8 Å². The van der Waals surface area contributed by atoms with E-state index in [0.717, 1.165) is 43.4 Å². The topological polar surface area (TPSA) is 93.1 Å². The molecule has 2 N–H and O–H groups in total. The number of hydrogen-bond acceptors (Lipinski definition) is 6. The van der Waals surface area contributed by atoms with Gasteiger partial charge in [0.25, 0.3) is 0 Å². The van der Waals surface area contributed by atoms with Crippen molar-refractivity contribution in [3.8, 4) is 33.8 Å². The van der Waals surface area contributed by atoms with Gasteiger partial charge in [-0.25, -0.2) is 9.59 Å². The molecule has 5 aromatic rings. The Balaban J connectivity index is 1.77. The highest BCUT2D eigenvalue weighted by Crippen LogP contribution is 2.58. The predicted molar refractivity (Wildman–Crippen MR) is 177 cm³/mol. The van der Waals surface area contributed by atoms with Gasteiger partial charge in [-0.3, -0.25) is 0 Å². The Hall–Kier alpha value is -4.88. The molecular formula is C38H31BrO6. The lowest BCUT2D eigenvalue weighted by Gasteiger charge is -2.35. The smallest absolute Gasteiger partial charge is 0.341 e. The van der Waals surface area contributed by atoms with Gasteiger partial charge in [0.2, 0.25) is 0 Å². The molecule has 0 saturated heterocycles. The highest BCUT2D eigenvalue weighted by molar-refractivity contribution is 9.10. The highest BCUT2D eigenvalue weighted by Gasteiger charge is 2.47. The first-order valence-corrected chi connectivity index (χ1v) is 15.5. The van der Waals surface area contributed by atoms with E-state index in [2.05, 4.69) is 46.3 Å². The summed E-state index contributed by atoms with van der Waals surface area (Å²) in [5.74, 6) is -1.70. The molecule has 0 atom stereocenters. The first-order chi connectivity index (χ1) is 21.7. The van der Waals surface area contributed by atoms with E-state index in [9.17, 15) is 19.8 Å². The average molecular weight is 664 g/mol. The standard InChI is InChI=1S/C38H31BrO6/c1-4-44-36(42)29-19-25(12-15-34(29)40)38(26-13-16-35(41)30(20-26)37(43)45-5-2)31-18-24(23-9-7-6-8-10-23)11-14-27(31)28-17-22(3)33(39)21-32(28)38/h6-21,40-41H,4-5H2,1-3H3. The molecule has 0 aromatic heterocycles. The molecule has 1 aliphatic rings. The van der Waals surface area contributed by atoms with Crippen LogP contribution in [0.1, 0.15) is 62.4 Å². The number of carbonyl (C=O) groups is 2. The fourth-order valence-corrected chi connectivity index (χ4v) is 6.67. The summed E-state index contributed by atoms with van der Waals surface area (Å²) in [6.45, 7) is 5.74. The minimum Gasteiger partial charge on any atom is -0.507 e. The van der Waals surface area contributed by atoms with Gasteiger partial charge in [-0.2, -0.15) is 0 Å². The molecule has 0 unspecified atom stereocenters. The quantitative estimate of drug-likeness (QED) is 0.166. The molecule has 0 spiro atoms. The molecule has 6 nitrogen and oxygen atoms in total. The van der Waals surface area contributed by atoms with Gasteiger partial charge in [-0.05, 0) is 113 Å². The summed E-state index contributed by atoms with van der Waals surface area (Å²) in [5.41, 5.74) is 7.15. The van der Waals surface area contributed by atoms with Crippen molar-refractivity contribution in [1.29, 1.82) is 0 Å². The summed E-state index contributed by atoms with van der Waals surface area (Å²) in [4.78, 5) is 26.2. The monoisotopic (exact) mass is 662 g/mol. The number of hydrogen-bond donors (Lipinski definition) is 2. The van der Waals surface area contributed by atoms with Gasteiger partial charge in [0.15, 0.2) is 0 Å². The van der Waals surface area contributed by atoms with Gasteiger partial charge in [-0.1, -0.05) is 70.5 Å². The summed E-state index contributed by atoms with van der Waals surface area (Å²) < 4.78 is 11.5. The van der Waals surface area contributed by atoms with Crippen molar-refractivity contribution in [2.24, 2.45) is 0 Å².